The van der Waals surface area contributed by atoms with Crippen LogP contribution in [-0.2, 0) is 4.79 Å². The van der Waals surface area contributed by atoms with Gasteiger partial charge < -0.3 is 15.0 Å². The van der Waals surface area contributed by atoms with Crippen LogP contribution in [0.5, 0.6) is 5.88 Å². The highest BCUT2D eigenvalue weighted by molar-refractivity contribution is 5.76. The van der Waals surface area contributed by atoms with E-state index in [0.29, 0.717) is 24.8 Å². The Morgan fingerprint density at radius 3 is 2.86 bits per heavy atom. The van der Waals surface area contributed by atoms with Crippen molar-refractivity contribution < 1.29 is 9.53 Å². The normalized spacial score (nSPS) is 15.1. The highest BCUT2D eigenvalue weighted by Gasteiger charge is 2.15. The number of nitrogens with zero attached hydrogens (tertiary/aromatic N) is 3. The maximum absolute atomic E-state index is 12.0. The van der Waals surface area contributed by atoms with Gasteiger partial charge in [0.15, 0.2) is 0 Å². The molecule has 116 valence electrons. The first kappa shape index (κ1) is 15.5. The number of carbonyl (C=O) groups is 1. The van der Waals surface area contributed by atoms with Crippen molar-refractivity contribution in [1.29, 1.82) is 0 Å². The van der Waals surface area contributed by atoms with E-state index >= 15 is 0 Å². The average Bonchev–Trinajstić information content (AvgIpc) is 2.48. The number of hydrogen-bond donors (Lipinski definition) is 1. The molecule has 1 amide bonds. The van der Waals surface area contributed by atoms with Crippen LogP contribution < -0.4 is 10.1 Å². The number of ether oxygens (including phenoxy) is 1. The molecule has 1 aliphatic rings. The van der Waals surface area contributed by atoms with Crippen molar-refractivity contribution in [3.8, 4) is 5.88 Å². The van der Waals surface area contributed by atoms with Gasteiger partial charge in [-0.2, -0.15) is 4.98 Å². The minimum Gasteiger partial charge on any atom is -0.475 e. The molecule has 0 bridgehead atoms. The molecule has 1 aromatic heterocycles. The molecule has 0 aliphatic carbocycles. The van der Waals surface area contributed by atoms with Crippen molar-refractivity contribution >= 4 is 11.9 Å². The van der Waals surface area contributed by atoms with Crippen LogP contribution in [0.1, 0.15) is 39.5 Å². The molecule has 1 aromatic rings. The minimum absolute atomic E-state index is 0.0772. The zero-order valence-electron chi connectivity index (χ0n) is 12.8. The second-order valence-electron chi connectivity index (χ2n) is 5.50. The van der Waals surface area contributed by atoms with Gasteiger partial charge in [-0.05, 0) is 33.1 Å². The van der Waals surface area contributed by atoms with Crippen LogP contribution in [0.25, 0.3) is 0 Å². The van der Waals surface area contributed by atoms with Crippen molar-refractivity contribution in [3.05, 3.63) is 12.3 Å². The van der Waals surface area contributed by atoms with Crippen molar-refractivity contribution in [2.75, 3.05) is 25.0 Å². The van der Waals surface area contributed by atoms with E-state index in [1.807, 2.05) is 18.7 Å². The molecule has 2 heterocycles. The summed E-state index contributed by atoms with van der Waals surface area (Å²) in [6, 6.07) is 1.73. The first-order chi connectivity index (χ1) is 10.1. The summed E-state index contributed by atoms with van der Waals surface area (Å²) in [5.74, 6) is 1.25. The Hall–Kier alpha value is -1.85. The monoisotopic (exact) mass is 292 g/mol. The Bertz CT molecular complexity index is 459. The SMILES string of the molecule is CC(C)Oc1ccnc(NCCC(=O)N2CCCCC2)n1. The number of nitrogens with one attached hydrogen (secondary N) is 1. The molecule has 6 heteroatoms. The number of rotatable bonds is 6. The molecule has 1 aliphatic heterocycles. The maximum Gasteiger partial charge on any atom is 0.225 e. The van der Waals surface area contributed by atoms with Gasteiger partial charge in [0.25, 0.3) is 0 Å². The van der Waals surface area contributed by atoms with Crippen molar-refractivity contribution in [2.24, 2.45) is 0 Å². The summed E-state index contributed by atoms with van der Waals surface area (Å²) < 4.78 is 5.51. The zero-order valence-corrected chi connectivity index (χ0v) is 12.8. The predicted octanol–water partition coefficient (Wildman–Crippen LogP) is 2.08. The molecule has 2 rings (SSSR count). The average molecular weight is 292 g/mol. The van der Waals surface area contributed by atoms with Gasteiger partial charge in [-0.25, -0.2) is 4.98 Å². The first-order valence-corrected chi connectivity index (χ1v) is 7.66. The molecule has 0 saturated carbocycles. The molecule has 1 fully saturated rings. The van der Waals surface area contributed by atoms with Crippen LogP contribution in [-0.4, -0.2) is 46.5 Å². The lowest BCUT2D eigenvalue weighted by Gasteiger charge is -2.26. The number of anilines is 1. The van der Waals surface area contributed by atoms with Crippen molar-refractivity contribution in [3.63, 3.8) is 0 Å². The minimum atomic E-state index is 0.0772. The largest absolute Gasteiger partial charge is 0.475 e. The van der Waals surface area contributed by atoms with Crippen LogP contribution in [0.4, 0.5) is 5.95 Å². The predicted molar refractivity (Wildman–Crippen MR) is 81.3 cm³/mol. The quantitative estimate of drug-likeness (QED) is 0.869. The van der Waals surface area contributed by atoms with Gasteiger partial charge in [0.05, 0.1) is 6.10 Å². The fraction of sp³-hybridized carbons (Fsp3) is 0.667. The van der Waals surface area contributed by atoms with Gasteiger partial charge in [-0.1, -0.05) is 0 Å². The van der Waals surface area contributed by atoms with E-state index < -0.39 is 0 Å². The molecular weight excluding hydrogens is 268 g/mol. The maximum atomic E-state index is 12.0. The van der Waals surface area contributed by atoms with Gasteiger partial charge in [0.2, 0.25) is 17.7 Å². The standard InChI is InChI=1S/C15H24N4O2/c1-12(2)21-13-6-8-16-15(18-13)17-9-7-14(20)19-10-4-3-5-11-19/h6,8,12H,3-5,7,9-11H2,1-2H3,(H,16,17,18). The molecule has 1 saturated heterocycles. The van der Waals surface area contributed by atoms with Crippen molar-refractivity contribution in [1.82, 2.24) is 14.9 Å². The van der Waals surface area contributed by atoms with Gasteiger partial charge >= 0.3 is 0 Å². The molecule has 0 aromatic carbocycles. The lowest BCUT2D eigenvalue weighted by Crippen LogP contribution is -2.36. The Labute approximate surface area is 125 Å². The van der Waals surface area contributed by atoms with Crippen LogP contribution in [0.2, 0.25) is 0 Å². The number of aromatic nitrogens is 2. The highest BCUT2D eigenvalue weighted by atomic mass is 16.5. The van der Waals surface area contributed by atoms with E-state index in [4.69, 9.17) is 4.74 Å². The lowest BCUT2D eigenvalue weighted by atomic mass is 10.1. The molecule has 6 nitrogen and oxygen atoms in total. The van der Waals surface area contributed by atoms with E-state index in [-0.39, 0.29) is 12.0 Å². The molecule has 21 heavy (non-hydrogen) atoms. The molecule has 0 atom stereocenters. The van der Waals surface area contributed by atoms with Gasteiger partial charge in [-0.15, -0.1) is 0 Å². The third kappa shape index (κ3) is 5.21. The molecular formula is C15H24N4O2. The van der Waals surface area contributed by atoms with Crippen LogP contribution in [0.15, 0.2) is 12.3 Å². The van der Waals surface area contributed by atoms with Gasteiger partial charge in [0.1, 0.15) is 0 Å². The number of hydrogen-bond acceptors (Lipinski definition) is 5. The summed E-state index contributed by atoms with van der Waals surface area (Å²) in [5, 5.41) is 3.08. The summed E-state index contributed by atoms with van der Waals surface area (Å²) in [7, 11) is 0. The third-order valence-electron chi connectivity index (χ3n) is 3.32. The number of piperidine rings is 1. The third-order valence-corrected chi connectivity index (χ3v) is 3.32. The summed E-state index contributed by atoms with van der Waals surface area (Å²) in [5.41, 5.74) is 0. The van der Waals surface area contributed by atoms with E-state index in [1.165, 1.54) is 6.42 Å². The topological polar surface area (TPSA) is 67.3 Å². The Morgan fingerprint density at radius 1 is 1.38 bits per heavy atom. The number of amides is 1. The number of likely N-dealkylation sites (tertiary alicyclic amines) is 1. The lowest BCUT2D eigenvalue weighted by molar-refractivity contribution is -0.131. The highest BCUT2D eigenvalue weighted by Crippen LogP contribution is 2.11. The molecule has 0 spiro atoms. The molecule has 0 radical (unpaired) electrons. The first-order valence-electron chi connectivity index (χ1n) is 7.66. The fourth-order valence-electron chi connectivity index (χ4n) is 2.32. The van der Waals surface area contributed by atoms with E-state index in [0.717, 1.165) is 25.9 Å². The molecule has 0 unspecified atom stereocenters. The fourth-order valence-corrected chi connectivity index (χ4v) is 2.32. The van der Waals surface area contributed by atoms with Crippen molar-refractivity contribution in [2.45, 2.75) is 45.6 Å². The summed E-state index contributed by atoms with van der Waals surface area (Å²) >= 11 is 0. The zero-order chi connectivity index (χ0) is 15.1. The summed E-state index contributed by atoms with van der Waals surface area (Å²) in [4.78, 5) is 22.4. The Kier molecular flexibility index (Phi) is 5.78. The van der Waals surface area contributed by atoms with E-state index in [9.17, 15) is 4.79 Å². The Morgan fingerprint density at radius 2 is 2.14 bits per heavy atom. The summed E-state index contributed by atoms with van der Waals surface area (Å²) in [6.45, 7) is 6.24. The van der Waals surface area contributed by atoms with Crippen LogP contribution >= 0.6 is 0 Å². The van der Waals surface area contributed by atoms with E-state index in [1.54, 1.807) is 12.3 Å². The van der Waals surface area contributed by atoms with Crippen LogP contribution in [0.3, 0.4) is 0 Å². The second kappa shape index (κ2) is 7.81. The number of carbonyl (C=O) groups excluding carboxylic acids is 1. The Balaban J connectivity index is 1.76. The molecule has 1 N–H and O–H groups in total. The van der Waals surface area contributed by atoms with E-state index in [2.05, 4.69) is 15.3 Å². The van der Waals surface area contributed by atoms with Gasteiger partial charge in [-0.3, -0.25) is 4.79 Å². The smallest absolute Gasteiger partial charge is 0.225 e. The van der Waals surface area contributed by atoms with Gasteiger partial charge in [0, 0.05) is 38.3 Å². The van der Waals surface area contributed by atoms with Crippen LogP contribution in [0, 0.1) is 0 Å². The second-order valence-corrected chi connectivity index (χ2v) is 5.50. The summed E-state index contributed by atoms with van der Waals surface area (Å²) in [6.07, 6.45) is 5.68.